The molecule has 2 N–H and O–H groups in total. The van der Waals surface area contributed by atoms with Crippen molar-refractivity contribution in [2.75, 3.05) is 24.3 Å². The normalized spacial score (nSPS) is 10.8. The van der Waals surface area contributed by atoms with Gasteiger partial charge in [-0.2, -0.15) is 5.10 Å². The number of alkyl halides is 1. The molecule has 3 aromatic heterocycles. The Morgan fingerprint density at radius 2 is 2.03 bits per heavy atom. The minimum atomic E-state index is -1.22. The molecule has 168 valence electrons. The number of nitrogens with zero attached hydrogens (tertiary/aromatic N) is 4. The smallest absolute Gasteiger partial charge is 0.407 e. The van der Waals surface area contributed by atoms with Gasteiger partial charge in [-0.15, -0.1) is 22.9 Å². The molecule has 0 aliphatic rings. The second kappa shape index (κ2) is 9.80. The second-order valence-electron chi connectivity index (χ2n) is 6.95. The maximum absolute atomic E-state index is 12.8. The van der Waals surface area contributed by atoms with E-state index < -0.39 is 12.0 Å². The second-order valence-corrected chi connectivity index (χ2v) is 8.28. The number of nitrogens with one attached hydrogen (secondary N) is 1. The van der Waals surface area contributed by atoms with E-state index in [9.17, 15) is 14.4 Å². The summed E-state index contributed by atoms with van der Waals surface area (Å²) in [6, 6.07) is 12.4. The Labute approximate surface area is 197 Å². The molecule has 0 bridgehead atoms. The lowest BCUT2D eigenvalue weighted by Crippen LogP contribution is -2.38. The van der Waals surface area contributed by atoms with Gasteiger partial charge in [0.1, 0.15) is 6.54 Å². The number of ketones is 1. The zero-order valence-electron chi connectivity index (χ0n) is 17.1. The predicted octanol–water partition coefficient (Wildman–Crippen LogP) is 3.85. The van der Waals surface area contributed by atoms with Gasteiger partial charge in [0.15, 0.2) is 5.65 Å². The van der Waals surface area contributed by atoms with Crippen LogP contribution in [0.25, 0.3) is 16.9 Å². The number of carbonyl (C=O) groups excluding carboxylic acids is 2. The highest BCUT2D eigenvalue weighted by atomic mass is 35.5. The van der Waals surface area contributed by atoms with E-state index in [0.29, 0.717) is 27.5 Å². The third-order valence-corrected chi connectivity index (χ3v) is 5.83. The fourth-order valence-corrected chi connectivity index (χ4v) is 4.17. The lowest BCUT2D eigenvalue weighted by molar-refractivity contribution is -0.117. The first-order valence-corrected chi connectivity index (χ1v) is 11.2. The van der Waals surface area contributed by atoms with E-state index in [1.54, 1.807) is 41.0 Å². The van der Waals surface area contributed by atoms with Crippen molar-refractivity contribution in [3.05, 3.63) is 70.7 Å². The van der Waals surface area contributed by atoms with Crippen molar-refractivity contribution in [1.29, 1.82) is 0 Å². The fourth-order valence-electron chi connectivity index (χ4n) is 3.29. The molecule has 11 heteroatoms. The zero-order chi connectivity index (χ0) is 23.4. The molecule has 0 radical (unpaired) electrons. The summed E-state index contributed by atoms with van der Waals surface area (Å²) in [7, 11) is 0. The molecular weight excluding hydrogens is 466 g/mol. The number of carbonyl (C=O) groups is 3. The Kier molecular flexibility index (Phi) is 6.66. The molecule has 0 unspecified atom stereocenters. The molecular formula is C22H18ClN5O4S. The monoisotopic (exact) mass is 483 g/mol. The van der Waals surface area contributed by atoms with Crippen molar-refractivity contribution in [2.45, 2.75) is 0 Å². The molecule has 0 atom stereocenters. The van der Waals surface area contributed by atoms with Gasteiger partial charge in [-0.3, -0.25) is 14.5 Å². The first-order valence-electron chi connectivity index (χ1n) is 9.83. The molecule has 0 aliphatic heterocycles. The summed E-state index contributed by atoms with van der Waals surface area (Å²) < 4.78 is 1.58. The third kappa shape index (κ3) is 4.86. The summed E-state index contributed by atoms with van der Waals surface area (Å²) in [5.74, 6) is -0.540. The van der Waals surface area contributed by atoms with Crippen molar-refractivity contribution in [1.82, 2.24) is 19.5 Å². The Balaban J connectivity index is 1.60. The summed E-state index contributed by atoms with van der Waals surface area (Å²) in [4.78, 5) is 42.2. The maximum atomic E-state index is 12.8. The Hall–Kier alpha value is -3.76. The van der Waals surface area contributed by atoms with Gasteiger partial charge in [0, 0.05) is 29.9 Å². The van der Waals surface area contributed by atoms with Crippen molar-refractivity contribution >= 4 is 52.1 Å². The van der Waals surface area contributed by atoms with E-state index in [-0.39, 0.29) is 24.8 Å². The van der Waals surface area contributed by atoms with Crippen molar-refractivity contribution < 1.29 is 19.5 Å². The molecule has 33 heavy (non-hydrogen) atoms. The van der Waals surface area contributed by atoms with E-state index in [2.05, 4.69) is 15.4 Å². The van der Waals surface area contributed by atoms with Crippen LogP contribution in [0, 0.1) is 0 Å². The number of amides is 2. The van der Waals surface area contributed by atoms with Crippen molar-refractivity contribution in [3.8, 4) is 11.3 Å². The molecule has 9 nitrogen and oxygen atoms in total. The van der Waals surface area contributed by atoms with Gasteiger partial charge >= 0.3 is 6.09 Å². The Morgan fingerprint density at radius 3 is 2.76 bits per heavy atom. The average molecular weight is 484 g/mol. The summed E-state index contributed by atoms with van der Waals surface area (Å²) in [6.07, 6.45) is 1.88. The summed E-state index contributed by atoms with van der Waals surface area (Å²) in [5, 5.41) is 18.1. The van der Waals surface area contributed by atoms with Gasteiger partial charge in [0.05, 0.1) is 22.3 Å². The molecule has 0 saturated carbocycles. The van der Waals surface area contributed by atoms with Gasteiger partial charge < -0.3 is 10.4 Å². The van der Waals surface area contributed by atoms with Gasteiger partial charge in [-0.25, -0.2) is 14.3 Å². The van der Waals surface area contributed by atoms with Gasteiger partial charge in [0.25, 0.3) is 0 Å². The standard InChI is InChI=1S/C22H18ClN5O4S/c23-7-9-27(22(31)32)13-19(29)26-15-4-1-3-14(11-15)17-6-8-24-21-16(12-25-28(17)21)20(30)18-5-2-10-33-18/h1-6,8,10-12H,7,9,13H2,(H,26,29)(H,31,32). The minimum Gasteiger partial charge on any atom is -0.465 e. The Bertz CT molecular complexity index is 1320. The molecule has 0 aliphatic carbocycles. The van der Waals surface area contributed by atoms with Crippen LogP contribution < -0.4 is 5.32 Å². The van der Waals surface area contributed by atoms with Crippen LogP contribution >= 0.6 is 22.9 Å². The van der Waals surface area contributed by atoms with Crippen molar-refractivity contribution in [3.63, 3.8) is 0 Å². The number of aromatic nitrogens is 3. The molecule has 3 heterocycles. The number of hydrogen-bond acceptors (Lipinski definition) is 6. The number of fused-ring (bicyclic) bond motifs is 1. The number of hydrogen-bond donors (Lipinski definition) is 2. The number of carboxylic acid groups (broad SMARTS) is 1. The molecule has 0 spiro atoms. The summed E-state index contributed by atoms with van der Waals surface area (Å²) in [6.45, 7) is -0.287. The topological polar surface area (TPSA) is 117 Å². The van der Waals surface area contributed by atoms with Crippen LogP contribution in [-0.4, -0.2) is 61.4 Å². The molecule has 1 aromatic carbocycles. The largest absolute Gasteiger partial charge is 0.465 e. The van der Waals surface area contributed by atoms with E-state index in [4.69, 9.17) is 16.7 Å². The van der Waals surface area contributed by atoms with E-state index in [1.807, 2.05) is 17.5 Å². The highest BCUT2D eigenvalue weighted by Crippen LogP contribution is 2.25. The van der Waals surface area contributed by atoms with Crippen LogP contribution in [0.2, 0.25) is 0 Å². The molecule has 2 amide bonds. The van der Waals surface area contributed by atoms with E-state index >= 15 is 0 Å². The van der Waals surface area contributed by atoms with Gasteiger partial charge in [-0.05, 0) is 29.6 Å². The molecule has 4 aromatic rings. The first kappa shape index (κ1) is 22.4. The number of benzene rings is 1. The molecule has 0 fully saturated rings. The van der Waals surface area contributed by atoms with Crippen LogP contribution in [0.3, 0.4) is 0 Å². The van der Waals surface area contributed by atoms with Crippen molar-refractivity contribution in [2.24, 2.45) is 0 Å². The summed E-state index contributed by atoms with van der Waals surface area (Å²) in [5.41, 5.74) is 2.72. The van der Waals surface area contributed by atoms with Crippen LogP contribution in [-0.2, 0) is 4.79 Å². The Morgan fingerprint density at radius 1 is 1.18 bits per heavy atom. The van der Waals surface area contributed by atoms with Gasteiger partial charge in [0.2, 0.25) is 11.7 Å². The average Bonchev–Trinajstić information content (AvgIpc) is 3.48. The fraction of sp³-hybridized carbons (Fsp3) is 0.136. The number of anilines is 1. The lowest BCUT2D eigenvalue weighted by atomic mass is 10.1. The quantitative estimate of drug-likeness (QED) is 0.290. The minimum absolute atomic E-state index is 0.0468. The van der Waals surface area contributed by atoms with Crippen LogP contribution in [0.15, 0.2) is 60.2 Å². The highest BCUT2D eigenvalue weighted by molar-refractivity contribution is 7.12. The maximum Gasteiger partial charge on any atom is 0.407 e. The predicted molar refractivity (Wildman–Crippen MR) is 125 cm³/mol. The molecule has 4 rings (SSSR count). The number of rotatable bonds is 8. The summed E-state index contributed by atoms with van der Waals surface area (Å²) >= 11 is 6.95. The van der Waals surface area contributed by atoms with Crippen LogP contribution in [0.1, 0.15) is 15.2 Å². The first-order chi connectivity index (χ1) is 16.0. The van der Waals surface area contributed by atoms with Gasteiger partial charge in [-0.1, -0.05) is 18.2 Å². The van der Waals surface area contributed by atoms with E-state index in [0.717, 1.165) is 10.5 Å². The van der Waals surface area contributed by atoms with Crippen LogP contribution in [0.4, 0.5) is 10.5 Å². The third-order valence-electron chi connectivity index (χ3n) is 4.79. The van der Waals surface area contributed by atoms with E-state index in [1.165, 1.54) is 17.5 Å². The molecule has 0 saturated heterocycles. The highest BCUT2D eigenvalue weighted by Gasteiger charge is 2.19. The number of thiophene rings is 1. The number of halogens is 1. The van der Waals surface area contributed by atoms with Crippen LogP contribution in [0.5, 0.6) is 0 Å². The SMILES string of the molecule is O=C(CN(CCCl)C(=O)O)Nc1cccc(-c2ccnc3c(C(=O)c4cccs4)cnn23)c1. The zero-order valence-corrected chi connectivity index (χ0v) is 18.7. The lowest BCUT2D eigenvalue weighted by Gasteiger charge is -2.17.